The minimum atomic E-state index is 0.0302. The van der Waals surface area contributed by atoms with Crippen LogP contribution in [0.25, 0.3) is 0 Å². The van der Waals surface area contributed by atoms with Crippen LogP contribution < -0.4 is 11.1 Å². The molecule has 0 spiro atoms. The molecular formula is C15H22BrN3O. The van der Waals surface area contributed by atoms with Gasteiger partial charge in [0.25, 0.3) is 0 Å². The normalized spacial score (nSPS) is 18.8. The third-order valence-corrected chi connectivity index (χ3v) is 4.28. The molecule has 3 N–H and O–H groups in total. The number of amides is 1. The van der Waals surface area contributed by atoms with E-state index in [1.54, 1.807) is 0 Å². The summed E-state index contributed by atoms with van der Waals surface area (Å²) in [5, 5.41) is 3.05. The molecule has 1 atom stereocenters. The Kier molecular flexibility index (Phi) is 5.57. The van der Waals surface area contributed by atoms with Gasteiger partial charge in [-0.1, -0.05) is 28.1 Å². The number of carbonyl (C=O) groups excluding carboxylic acids is 1. The van der Waals surface area contributed by atoms with Gasteiger partial charge in [0.05, 0.1) is 12.6 Å². The highest BCUT2D eigenvalue weighted by Crippen LogP contribution is 2.16. The van der Waals surface area contributed by atoms with Gasteiger partial charge in [-0.2, -0.15) is 0 Å². The molecule has 4 nitrogen and oxygen atoms in total. The van der Waals surface area contributed by atoms with Crippen molar-refractivity contribution < 1.29 is 4.79 Å². The first-order valence-electron chi connectivity index (χ1n) is 7.07. The maximum atomic E-state index is 12.1. The van der Waals surface area contributed by atoms with Crippen molar-refractivity contribution in [3.63, 3.8) is 0 Å². The lowest BCUT2D eigenvalue weighted by Gasteiger charge is -2.29. The summed E-state index contributed by atoms with van der Waals surface area (Å²) in [5.41, 5.74) is 6.98. The molecule has 110 valence electrons. The number of piperidine rings is 1. The summed E-state index contributed by atoms with van der Waals surface area (Å²) < 4.78 is 1.05. The van der Waals surface area contributed by atoms with Crippen LogP contribution in [-0.4, -0.2) is 36.5 Å². The van der Waals surface area contributed by atoms with E-state index in [1.165, 1.54) is 0 Å². The van der Waals surface area contributed by atoms with E-state index in [-0.39, 0.29) is 11.9 Å². The fraction of sp³-hybridized carbons (Fsp3) is 0.533. The molecule has 1 heterocycles. The Morgan fingerprint density at radius 3 is 2.60 bits per heavy atom. The number of halogens is 1. The highest BCUT2D eigenvalue weighted by Gasteiger charge is 2.19. The molecule has 0 radical (unpaired) electrons. The third-order valence-electron chi connectivity index (χ3n) is 3.75. The summed E-state index contributed by atoms with van der Waals surface area (Å²) in [6.45, 7) is 4.31. The number of carbonyl (C=O) groups is 1. The highest BCUT2D eigenvalue weighted by molar-refractivity contribution is 9.10. The molecule has 5 heteroatoms. The second kappa shape index (κ2) is 7.20. The van der Waals surface area contributed by atoms with E-state index in [0.717, 1.165) is 36.0 Å². The van der Waals surface area contributed by atoms with Crippen molar-refractivity contribution in [2.75, 3.05) is 19.6 Å². The van der Waals surface area contributed by atoms with Crippen LogP contribution in [0.4, 0.5) is 0 Å². The van der Waals surface area contributed by atoms with Crippen molar-refractivity contribution in [2.24, 2.45) is 5.73 Å². The fourth-order valence-corrected chi connectivity index (χ4v) is 2.70. The molecule has 0 saturated carbocycles. The predicted octanol–water partition coefficient (Wildman–Crippen LogP) is 2.05. The zero-order valence-corrected chi connectivity index (χ0v) is 13.4. The Balaban J connectivity index is 1.80. The largest absolute Gasteiger partial charge is 0.348 e. The Morgan fingerprint density at radius 2 is 2.00 bits per heavy atom. The van der Waals surface area contributed by atoms with Crippen LogP contribution >= 0.6 is 15.9 Å². The van der Waals surface area contributed by atoms with E-state index >= 15 is 0 Å². The maximum Gasteiger partial charge on any atom is 0.234 e. The molecule has 1 aliphatic heterocycles. The number of nitrogens with one attached hydrogen (secondary N) is 1. The molecular weight excluding hydrogens is 318 g/mol. The predicted molar refractivity (Wildman–Crippen MR) is 84.3 cm³/mol. The topological polar surface area (TPSA) is 58.4 Å². The van der Waals surface area contributed by atoms with Crippen molar-refractivity contribution in [3.8, 4) is 0 Å². The van der Waals surface area contributed by atoms with E-state index in [0.29, 0.717) is 12.6 Å². The third kappa shape index (κ3) is 4.58. The summed E-state index contributed by atoms with van der Waals surface area (Å²) in [5.74, 6) is 0.0795. The zero-order chi connectivity index (χ0) is 14.5. The number of hydrogen-bond donors (Lipinski definition) is 2. The smallest absolute Gasteiger partial charge is 0.234 e. The van der Waals surface area contributed by atoms with Gasteiger partial charge in [0, 0.05) is 23.6 Å². The minimum Gasteiger partial charge on any atom is -0.348 e. The van der Waals surface area contributed by atoms with Gasteiger partial charge in [-0.05, 0) is 37.5 Å². The van der Waals surface area contributed by atoms with Crippen LogP contribution in [0.1, 0.15) is 31.4 Å². The van der Waals surface area contributed by atoms with Crippen LogP contribution in [-0.2, 0) is 4.79 Å². The lowest BCUT2D eigenvalue weighted by atomic mass is 10.1. The van der Waals surface area contributed by atoms with Gasteiger partial charge >= 0.3 is 0 Å². The molecule has 0 aromatic heterocycles. The maximum absolute atomic E-state index is 12.1. The SMILES string of the molecule is CC(NC(=O)CN1CCC(N)CC1)c1ccc(Br)cc1. The molecule has 1 amide bonds. The van der Waals surface area contributed by atoms with Crippen LogP contribution in [0.3, 0.4) is 0 Å². The van der Waals surface area contributed by atoms with Gasteiger partial charge < -0.3 is 11.1 Å². The molecule has 2 rings (SSSR count). The number of nitrogens with zero attached hydrogens (tertiary/aromatic N) is 1. The Bertz CT molecular complexity index is 441. The summed E-state index contributed by atoms with van der Waals surface area (Å²) in [6.07, 6.45) is 1.96. The van der Waals surface area contributed by atoms with Crippen molar-refractivity contribution >= 4 is 21.8 Å². The van der Waals surface area contributed by atoms with Crippen LogP contribution in [0.5, 0.6) is 0 Å². The van der Waals surface area contributed by atoms with E-state index in [1.807, 2.05) is 31.2 Å². The number of rotatable bonds is 4. The second-order valence-corrected chi connectivity index (χ2v) is 6.37. The number of hydrogen-bond acceptors (Lipinski definition) is 3. The molecule has 1 saturated heterocycles. The fourth-order valence-electron chi connectivity index (χ4n) is 2.44. The quantitative estimate of drug-likeness (QED) is 0.882. The van der Waals surface area contributed by atoms with E-state index in [4.69, 9.17) is 5.73 Å². The van der Waals surface area contributed by atoms with Crippen LogP contribution in [0.15, 0.2) is 28.7 Å². The first kappa shape index (κ1) is 15.5. The average Bonchev–Trinajstić information content (AvgIpc) is 2.42. The van der Waals surface area contributed by atoms with Gasteiger partial charge in [-0.25, -0.2) is 0 Å². The van der Waals surface area contributed by atoms with E-state index in [9.17, 15) is 4.79 Å². The molecule has 1 fully saturated rings. The molecule has 1 unspecified atom stereocenters. The van der Waals surface area contributed by atoms with Gasteiger partial charge in [-0.3, -0.25) is 9.69 Å². The van der Waals surface area contributed by atoms with Gasteiger partial charge in [0.2, 0.25) is 5.91 Å². The van der Waals surface area contributed by atoms with Crippen molar-refractivity contribution in [1.82, 2.24) is 10.2 Å². The van der Waals surface area contributed by atoms with Crippen molar-refractivity contribution in [3.05, 3.63) is 34.3 Å². The standard InChI is InChI=1S/C15H22BrN3O/c1-11(12-2-4-13(16)5-3-12)18-15(20)10-19-8-6-14(17)7-9-19/h2-5,11,14H,6-10,17H2,1H3,(H,18,20). The first-order chi connectivity index (χ1) is 9.54. The molecule has 0 bridgehead atoms. The number of benzene rings is 1. The highest BCUT2D eigenvalue weighted by atomic mass is 79.9. The van der Waals surface area contributed by atoms with Crippen LogP contribution in [0.2, 0.25) is 0 Å². The number of likely N-dealkylation sites (tertiary alicyclic amines) is 1. The first-order valence-corrected chi connectivity index (χ1v) is 7.86. The van der Waals surface area contributed by atoms with E-state index in [2.05, 4.69) is 26.1 Å². The lowest BCUT2D eigenvalue weighted by Crippen LogP contribution is -2.44. The summed E-state index contributed by atoms with van der Waals surface area (Å²) in [7, 11) is 0. The zero-order valence-electron chi connectivity index (χ0n) is 11.8. The Morgan fingerprint density at radius 1 is 1.40 bits per heavy atom. The Labute approximate surface area is 128 Å². The second-order valence-electron chi connectivity index (χ2n) is 5.45. The molecule has 0 aliphatic carbocycles. The monoisotopic (exact) mass is 339 g/mol. The van der Waals surface area contributed by atoms with E-state index < -0.39 is 0 Å². The lowest BCUT2D eigenvalue weighted by molar-refractivity contribution is -0.123. The summed E-state index contributed by atoms with van der Waals surface area (Å²) in [6, 6.07) is 8.36. The van der Waals surface area contributed by atoms with Gasteiger partial charge in [0.15, 0.2) is 0 Å². The van der Waals surface area contributed by atoms with Gasteiger partial charge in [0.1, 0.15) is 0 Å². The molecule has 1 aromatic rings. The summed E-state index contributed by atoms with van der Waals surface area (Å²) in [4.78, 5) is 14.2. The minimum absolute atomic E-state index is 0.0302. The van der Waals surface area contributed by atoms with Crippen molar-refractivity contribution in [1.29, 1.82) is 0 Å². The van der Waals surface area contributed by atoms with Crippen molar-refractivity contribution in [2.45, 2.75) is 31.8 Å². The van der Waals surface area contributed by atoms with Gasteiger partial charge in [-0.15, -0.1) is 0 Å². The molecule has 1 aromatic carbocycles. The van der Waals surface area contributed by atoms with Crippen LogP contribution in [0, 0.1) is 0 Å². The average molecular weight is 340 g/mol. The summed E-state index contributed by atoms with van der Waals surface area (Å²) >= 11 is 3.41. The Hall–Kier alpha value is -0.910. The number of nitrogens with two attached hydrogens (primary N) is 1. The molecule has 1 aliphatic rings. The molecule has 20 heavy (non-hydrogen) atoms.